The monoisotopic (exact) mass is 388 g/mol. The standard InChI is InChI=1S/C18H24N6O2S/c25-27(26,24-9-2-1-3-10-24)16-5-6-17(21-15-16)22-11-13-23(14-12-22)18-19-7-4-8-20-18/h4-8,15H,1-3,9-14H2. The Labute approximate surface area is 159 Å². The van der Waals surface area contributed by atoms with Gasteiger partial charge in [-0.15, -0.1) is 0 Å². The Hall–Kier alpha value is -2.26. The molecule has 0 unspecified atom stereocenters. The van der Waals surface area contributed by atoms with E-state index >= 15 is 0 Å². The van der Waals surface area contributed by atoms with Crippen molar-refractivity contribution in [2.24, 2.45) is 0 Å². The molecule has 0 spiro atoms. The SMILES string of the molecule is O=S(=O)(c1ccc(N2CCN(c3ncccn3)CC2)nc1)N1CCCCC1. The second kappa shape index (κ2) is 7.77. The van der Waals surface area contributed by atoms with Gasteiger partial charge in [-0.05, 0) is 31.0 Å². The summed E-state index contributed by atoms with van der Waals surface area (Å²) >= 11 is 0. The average molecular weight is 388 g/mol. The van der Waals surface area contributed by atoms with Gasteiger partial charge in [-0.25, -0.2) is 23.4 Å². The molecule has 8 nitrogen and oxygen atoms in total. The number of piperidine rings is 1. The minimum absolute atomic E-state index is 0.282. The summed E-state index contributed by atoms with van der Waals surface area (Å²) in [5.74, 6) is 1.55. The normalized spacial score (nSPS) is 19.3. The third-order valence-electron chi connectivity index (χ3n) is 5.11. The van der Waals surface area contributed by atoms with E-state index in [1.807, 2.05) is 12.1 Å². The summed E-state index contributed by atoms with van der Waals surface area (Å²) in [6, 6.07) is 5.30. The van der Waals surface area contributed by atoms with Gasteiger partial charge in [0.05, 0.1) is 0 Å². The van der Waals surface area contributed by atoms with Gasteiger partial charge in [-0.3, -0.25) is 0 Å². The molecular weight excluding hydrogens is 364 g/mol. The predicted octanol–water partition coefficient (Wildman–Crippen LogP) is 1.37. The van der Waals surface area contributed by atoms with E-state index in [1.54, 1.807) is 22.8 Å². The van der Waals surface area contributed by atoms with Crippen LogP contribution in [0.2, 0.25) is 0 Å². The second-order valence-corrected chi connectivity index (χ2v) is 8.78. The van der Waals surface area contributed by atoms with E-state index in [-0.39, 0.29) is 4.90 Å². The fourth-order valence-corrected chi connectivity index (χ4v) is 5.02. The predicted molar refractivity (Wildman–Crippen MR) is 103 cm³/mol. The number of aromatic nitrogens is 3. The molecule has 0 aromatic carbocycles. The highest BCUT2D eigenvalue weighted by Gasteiger charge is 2.27. The molecule has 2 aromatic heterocycles. The Morgan fingerprint density at radius 1 is 0.778 bits per heavy atom. The van der Waals surface area contributed by atoms with E-state index in [4.69, 9.17) is 0 Å². The summed E-state index contributed by atoms with van der Waals surface area (Å²) in [6.07, 6.45) is 7.95. The lowest BCUT2D eigenvalue weighted by atomic mass is 10.2. The van der Waals surface area contributed by atoms with Crippen LogP contribution < -0.4 is 9.80 Å². The molecule has 4 heterocycles. The molecular formula is C18H24N6O2S. The van der Waals surface area contributed by atoms with Crippen LogP contribution in [-0.4, -0.2) is 66.9 Å². The molecule has 2 saturated heterocycles. The molecule has 9 heteroatoms. The molecule has 0 radical (unpaired) electrons. The average Bonchev–Trinajstić information content (AvgIpc) is 2.75. The molecule has 27 heavy (non-hydrogen) atoms. The van der Waals surface area contributed by atoms with Crippen LogP contribution in [-0.2, 0) is 10.0 Å². The van der Waals surface area contributed by atoms with Gasteiger partial charge < -0.3 is 9.80 Å². The van der Waals surface area contributed by atoms with Gasteiger partial charge in [0, 0.05) is 57.9 Å². The lowest BCUT2D eigenvalue weighted by Crippen LogP contribution is -2.47. The Bertz CT molecular complexity index is 845. The summed E-state index contributed by atoms with van der Waals surface area (Å²) < 4.78 is 27.0. The Morgan fingerprint density at radius 2 is 1.44 bits per heavy atom. The zero-order valence-electron chi connectivity index (χ0n) is 15.2. The van der Waals surface area contributed by atoms with E-state index in [2.05, 4.69) is 24.8 Å². The van der Waals surface area contributed by atoms with Crippen LogP contribution in [0.5, 0.6) is 0 Å². The molecule has 0 N–H and O–H groups in total. The van der Waals surface area contributed by atoms with Crippen LogP contribution in [0, 0.1) is 0 Å². The summed E-state index contributed by atoms with van der Waals surface area (Å²) in [4.78, 5) is 17.6. The van der Waals surface area contributed by atoms with Gasteiger partial charge in [0.1, 0.15) is 10.7 Å². The second-order valence-electron chi connectivity index (χ2n) is 6.84. The smallest absolute Gasteiger partial charge is 0.244 e. The molecule has 144 valence electrons. The fourth-order valence-electron chi connectivity index (χ4n) is 3.56. The maximum Gasteiger partial charge on any atom is 0.244 e. The first kappa shape index (κ1) is 18.1. The first-order valence-corrected chi connectivity index (χ1v) is 10.8. The molecule has 2 aromatic rings. The number of pyridine rings is 1. The molecule has 0 saturated carbocycles. The zero-order chi connectivity index (χ0) is 18.7. The number of rotatable bonds is 4. The van der Waals surface area contributed by atoms with Gasteiger partial charge in [-0.2, -0.15) is 4.31 Å². The van der Waals surface area contributed by atoms with E-state index in [0.29, 0.717) is 13.1 Å². The minimum atomic E-state index is -3.43. The molecule has 0 bridgehead atoms. The van der Waals surface area contributed by atoms with E-state index < -0.39 is 10.0 Å². The largest absolute Gasteiger partial charge is 0.353 e. The van der Waals surface area contributed by atoms with Gasteiger partial charge >= 0.3 is 0 Å². The quantitative estimate of drug-likeness (QED) is 0.782. The third-order valence-corrected chi connectivity index (χ3v) is 6.99. The van der Waals surface area contributed by atoms with Crippen LogP contribution in [0.1, 0.15) is 19.3 Å². The van der Waals surface area contributed by atoms with Crippen LogP contribution >= 0.6 is 0 Å². The number of piperazine rings is 1. The lowest BCUT2D eigenvalue weighted by molar-refractivity contribution is 0.346. The maximum atomic E-state index is 12.7. The van der Waals surface area contributed by atoms with Crippen LogP contribution in [0.4, 0.5) is 11.8 Å². The Balaban J connectivity index is 1.41. The Morgan fingerprint density at radius 3 is 2.07 bits per heavy atom. The van der Waals surface area contributed by atoms with E-state index in [0.717, 1.165) is 57.2 Å². The van der Waals surface area contributed by atoms with Crippen LogP contribution in [0.3, 0.4) is 0 Å². The highest BCUT2D eigenvalue weighted by Crippen LogP contribution is 2.22. The molecule has 0 aliphatic carbocycles. The van der Waals surface area contributed by atoms with E-state index in [9.17, 15) is 8.42 Å². The molecule has 2 aliphatic heterocycles. The minimum Gasteiger partial charge on any atom is -0.353 e. The highest BCUT2D eigenvalue weighted by molar-refractivity contribution is 7.89. The first-order valence-electron chi connectivity index (χ1n) is 9.38. The number of hydrogen-bond donors (Lipinski definition) is 0. The van der Waals surface area contributed by atoms with Crippen molar-refractivity contribution in [1.82, 2.24) is 19.3 Å². The Kier molecular flexibility index (Phi) is 5.22. The van der Waals surface area contributed by atoms with Crippen LogP contribution in [0.25, 0.3) is 0 Å². The van der Waals surface area contributed by atoms with E-state index in [1.165, 1.54) is 6.20 Å². The third kappa shape index (κ3) is 3.89. The zero-order valence-corrected chi connectivity index (χ0v) is 16.1. The van der Waals surface area contributed by atoms with Gasteiger partial charge in [0.2, 0.25) is 16.0 Å². The molecule has 2 fully saturated rings. The van der Waals surface area contributed by atoms with Crippen molar-refractivity contribution in [2.75, 3.05) is 49.1 Å². The van der Waals surface area contributed by atoms with Crippen molar-refractivity contribution in [2.45, 2.75) is 24.2 Å². The molecule has 4 rings (SSSR count). The van der Waals surface area contributed by atoms with Crippen LogP contribution in [0.15, 0.2) is 41.7 Å². The van der Waals surface area contributed by atoms with Crippen molar-refractivity contribution < 1.29 is 8.42 Å². The number of hydrogen-bond acceptors (Lipinski definition) is 7. The number of nitrogens with zero attached hydrogens (tertiary/aromatic N) is 6. The van der Waals surface area contributed by atoms with Crippen molar-refractivity contribution in [3.05, 3.63) is 36.8 Å². The number of anilines is 2. The summed E-state index contributed by atoms with van der Waals surface area (Å²) in [7, 11) is -3.43. The fraction of sp³-hybridized carbons (Fsp3) is 0.500. The lowest BCUT2D eigenvalue weighted by Gasteiger charge is -2.35. The summed E-state index contributed by atoms with van der Waals surface area (Å²) in [5.41, 5.74) is 0. The molecule has 2 aliphatic rings. The van der Waals surface area contributed by atoms with Crippen molar-refractivity contribution in [3.63, 3.8) is 0 Å². The first-order chi connectivity index (χ1) is 13.1. The molecule has 0 amide bonds. The maximum absolute atomic E-state index is 12.7. The highest BCUT2D eigenvalue weighted by atomic mass is 32.2. The summed E-state index contributed by atoms with van der Waals surface area (Å²) in [6.45, 7) is 4.41. The van der Waals surface area contributed by atoms with Gasteiger partial charge in [-0.1, -0.05) is 6.42 Å². The van der Waals surface area contributed by atoms with Gasteiger partial charge in [0.25, 0.3) is 0 Å². The topological polar surface area (TPSA) is 82.5 Å². The van der Waals surface area contributed by atoms with Gasteiger partial charge in [0.15, 0.2) is 0 Å². The molecule has 0 atom stereocenters. The van der Waals surface area contributed by atoms with Crippen molar-refractivity contribution in [1.29, 1.82) is 0 Å². The number of sulfonamides is 1. The van der Waals surface area contributed by atoms with Crippen molar-refractivity contribution in [3.8, 4) is 0 Å². The summed E-state index contributed by atoms with van der Waals surface area (Å²) in [5, 5.41) is 0. The van der Waals surface area contributed by atoms with Crippen molar-refractivity contribution >= 4 is 21.8 Å².